The quantitative estimate of drug-likeness (QED) is 0.244. The molecule has 0 radical (unpaired) electrons. The zero-order valence-corrected chi connectivity index (χ0v) is 24.7. The number of fused-ring (bicyclic) bond motifs is 2. The maximum Gasteiger partial charge on any atom is 0.279 e. The maximum absolute atomic E-state index is 13.7. The SMILES string of the molecule is CCS(=O)(=O)Nc1cc2oc(-c3ccc(F)cc3)c(C(=O)NC)c2cc1-c1ccc2c(n1)C(=O)N(Cc1ccc(F)cn1)CO2. The molecular weight excluding hydrogens is 608 g/mol. The number of benzene rings is 2. The number of halogens is 2. The van der Waals surface area contributed by atoms with Gasteiger partial charge >= 0.3 is 0 Å². The van der Waals surface area contributed by atoms with Crippen molar-refractivity contribution in [1.82, 2.24) is 20.2 Å². The first-order valence-corrected chi connectivity index (χ1v) is 15.3. The van der Waals surface area contributed by atoms with Gasteiger partial charge in [0.2, 0.25) is 10.0 Å². The van der Waals surface area contributed by atoms with Crippen LogP contribution in [0.1, 0.15) is 33.5 Å². The number of carbonyl (C=O) groups is 2. The van der Waals surface area contributed by atoms with Crippen LogP contribution < -0.4 is 14.8 Å². The summed E-state index contributed by atoms with van der Waals surface area (Å²) in [6.45, 7) is 1.42. The summed E-state index contributed by atoms with van der Waals surface area (Å²) in [5, 5.41) is 2.91. The van der Waals surface area contributed by atoms with E-state index in [1.165, 1.54) is 61.3 Å². The highest BCUT2D eigenvalue weighted by molar-refractivity contribution is 7.92. The predicted octanol–water partition coefficient (Wildman–Crippen LogP) is 4.95. The average molecular weight is 634 g/mol. The van der Waals surface area contributed by atoms with Crippen molar-refractivity contribution in [3.63, 3.8) is 0 Å². The lowest BCUT2D eigenvalue weighted by atomic mass is 10.0. The van der Waals surface area contributed by atoms with Gasteiger partial charge in [-0.1, -0.05) is 0 Å². The smallest absolute Gasteiger partial charge is 0.279 e. The molecule has 1 aliphatic heterocycles. The van der Waals surface area contributed by atoms with Crippen LogP contribution in [0.2, 0.25) is 0 Å². The number of hydrogen-bond donors (Lipinski definition) is 2. The first-order valence-electron chi connectivity index (χ1n) is 13.7. The number of amides is 2. The normalized spacial score (nSPS) is 13.0. The summed E-state index contributed by atoms with van der Waals surface area (Å²) in [7, 11) is -2.35. The number of carbonyl (C=O) groups excluding carboxylic acids is 2. The van der Waals surface area contributed by atoms with Crippen LogP contribution >= 0.6 is 0 Å². The van der Waals surface area contributed by atoms with Crippen LogP contribution in [-0.2, 0) is 16.6 Å². The molecule has 0 saturated heterocycles. The topological polar surface area (TPSA) is 144 Å². The lowest BCUT2D eigenvalue weighted by Crippen LogP contribution is -2.39. The summed E-state index contributed by atoms with van der Waals surface area (Å²) < 4.78 is 66.8. The van der Waals surface area contributed by atoms with Gasteiger partial charge in [0.15, 0.2) is 18.2 Å². The molecule has 0 fully saturated rings. The minimum Gasteiger partial charge on any atom is -0.471 e. The third-order valence-electron chi connectivity index (χ3n) is 7.18. The molecule has 0 unspecified atom stereocenters. The van der Waals surface area contributed by atoms with E-state index in [1.807, 2.05) is 0 Å². The van der Waals surface area contributed by atoms with Crippen LogP contribution in [0.3, 0.4) is 0 Å². The van der Waals surface area contributed by atoms with Gasteiger partial charge in [-0.15, -0.1) is 0 Å². The van der Waals surface area contributed by atoms with Gasteiger partial charge in [-0.2, -0.15) is 0 Å². The van der Waals surface area contributed by atoms with Gasteiger partial charge in [-0.05, 0) is 61.5 Å². The summed E-state index contributed by atoms with van der Waals surface area (Å²) in [5.74, 6) is -1.82. The van der Waals surface area contributed by atoms with Crippen LogP contribution in [0.25, 0.3) is 33.6 Å². The molecule has 3 aromatic heterocycles. The zero-order chi connectivity index (χ0) is 31.9. The number of nitrogens with zero attached hydrogens (tertiary/aromatic N) is 3. The molecule has 2 amide bonds. The van der Waals surface area contributed by atoms with E-state index in [4.69, 9.17) is 9.15 Å². The molecule has 11 nitrogen and oxygen atoms in total. The third-order valence-corrected chi connectivity index (χ3v) is 8.47. The Morgan fingerprint density at radius 2 is 1.80 bits per heavy atom. The Bertz CT molecular complexity index is 2070. The summed E-state index contributed by atoms with van der Waals surface area (Å²) in [6, 6.07) is 14.2. The highest BCUT2D eigenvalue weighted by Gasteiger charge is 2.30. The molecule has 0 bridgehead atoms. The van der Waals surface area contributed by atoms with E-state index in [9.17, 15) is 26.8 Å². The number of nitrogens with one attached hydrogen (secondary N) is 2. The van der Waals surface area contributed by atoms with Gasteiger partial charge in [-0.25, -0.2) is 22.2 Å². The standard InChI is InChI=1S/C31H25F2N5O6S/c1-3-45(41,42)37-24-13-26-22(27(30(39)34-2)29(44-26)17-4-6-18(32)7-5-17)12-21(24)23-10-11-25-28(36-23)31(40)38(16-43-25)15-20-9-8-19(33)14-35-20/h4-14,37H,3,15-16H2,1-2H3,(H,34,39). The van der Waals surface area contributed by atoms with Crippen molar-refractivity contribution in [2.24, 2.45) is 0 Å². The van der Waals surface area contributed by atoms with E-state index in [0.29, 0.717) is 16.6 Å². The fourth-order valence-corrected chi connectivity index (χ4v) is 5.52. The molecule has 0 aliphatic carbocycles. The van der Waals surface area contributed by atoms with Crippen molar-refractivity contribution in [3.8, 4) is 28.3 Å². The summed E-state index contributed by atoms with van der Waals surface area (Å²) in [5.41, 5.74) is 1.70. The van der Waals surface area contributed by atoms with Crippen LogP contribution in [0, 0.1) is 11.6 Å². The van der Waals surface area contributed by atoms with Gasteiger partial charge < -0.3 is 14.5 Å². The molecule has 0 saturated carbocycles. The molecule has 2 aromatic carbocycles. The van der Waals surface area contributed by atoms with Crippen LogP contribution in [0.5, 0.6) is 5.75 Å². The molecule has 4 heterocycles. The number of anilines is 1. The van der Waals surface area contributed by atoms with Crippen molar-refractivity contribution in [3.05, 3.63) is 95.4 Å². The Hall–Kier alpha value is -5.37. The lowest BCUT2D eigenvalue weighted by molar-refractivity contribution is 0.0484. The Morgan fingerprint density at radius 1 is 1.04 bits per heavy atom. The highest BCUT2D eigenvalue weighted by atomic mass is 32.2. The maximum atomic E-state index is 13.7. The Morgan fingerprint density at radius 3 is 2.49 bits per heavy atom. The first-order chi connectivity index (χ1) is 21.6. The van der Waals surface area contributed by atoms with Crippen molar-refractivity contribution < 1.29 is 35.9 Å². The largest absolute Gasteiger partial charge is 0.471 e. The van der Waals surface area contributed by atoms with Gasteiger partial charge in [0.25, 0.3) is 11.8 Å². The van der Waals surface area contributed by atoms with E-state index < -0.39 is 33.5 Å². The van der Waals surface area contributed by atoms with Crippen molar-refractivity contribution >= 4 is 38.5 Å². The van der Waals surface area contributed by atoms with E-state index in [0.717, 1.165) is 6.20 Å². The number of ether oxygens (including phenoxy) is 1. The van der Waals surface area contributed by atoms with Crippen molar-refractivity contribution in [1.29, 1.82) is 0 Å². The molecular formula is C31H25F2N5O6S. The highest BCUT2D eigenvalue weighted by Crippen LogP contribution is 2.40. The summed E-state index contributed by atoms with van der Waals surface area (Å²) in [4.78, 5) is 36.5. The predicted molar refractivity (Wildman–Crippen MR) is 161 cm³/mol. The van der Waals surface area contributed by atoms with Gasteiger partial charge in [0, 0.05) is 29.6 Å². The second-order valence-corrected chi connectivity index (χ2v) is 12.1. The number of pyridine rings is 2. The second-order valence-electron chi connectivity index (χ2n) is 10.1. The molecule has 45 heavy (non-hydrogen) atoms. The Labute approximate surface area is 255 Å². The molecule has 0 spiro atoms. The minimum absolute atomic E-state index is 0.0315. The Balaban J connectivity index is 1.49. The van der Waals surface area contributed by atoms with Crippen LogP contribution in [-0.4, -0.2) is 54.6 Å². The number of sulfonamides is 1. The number of hydrogen-bond acceptors (Lipinski definition) is 8. The fraction of sp³-hybridized carbons (Fsp3) is 0.161. The average Bonchev–Trinajstić information content (AvgIpc) is 3.41. The molecule has 0 atom stereocenters. The van der Waals surface area contributed by atoms with Crippen molar-refractivity contribution in [2.45, 2.75) is 13.5 Å². The van der Waals surface area contributed by atoms with Gasteiger partial charge in [0.1, 0.15) is 23.0 Å². The van der Waals surface area contributed by atoms with Gasteiger partial charge in [-0.3, -0.25) is 24.2 Å². The number of furan rings is 1. The Kier molecular flexibility index (Phi) is 7.66. The molecule has 14 heteroatoms. The molecule has 6 rings (SSSR count). The zero-order valence-electron chi connectivity index (χ0n) is 23.9. The second kappa shape index (κ2) is 11.6. The van der Waals surface area contributed by atoms with Crippen LogP contribution in [0.15, 0.2) is 71.3 Å². The first kappa shape index (κ1) is 29.7. The molecule has 1 aliphatic rings. The van der Waals surface area contributed by atoms with E-state index >= 15 is 0 Å². The van der Waals surface area contributed by atoms with Crippen LogP contribution in [0.4, 0.5) is 14.5 Å². The van der Waals surface area contributed by atoms with Crippen molar-refractivity contribution in [2.75, 3.05) is 24.3 Å². The minimum atomic E-state index is -3.80. The van der Waals surface area contributed by atoms with Gasteiger partial charge in [0.05, 0.1) is 41.1 Å². The molecule has 230 valence electrons. The number of rotatable bonds is 8. The number of aromatic nitrogens is 2. The summed E-state index contributed by atoms with van der Waals surface area (Å²) >= 11 is 0. The summed E-state index contributed by atoms with van der Waals surface area (Å²) in [6.07, 6.45) is 1.05. The van der Waals surface area contributed by atoms with E-state index in [-0.39, 0.29) is 64.3 Å². The lowest BCUT2D eigenvalue weighted by Gasteiger charge is -2.28. The van der Waals surface area contributed by atoms with E-state index in [1.54, 1.807) is 18.2 Å². The molecule has 2 N–H and O–H groups in total. The molecule has 5 aromatic rings. The van der Waals surface area contributed by atoms with E-state index in [2.05, 4.69) is 20.0 Å². The monoisotopic (exact) mass is 633 g/mol. The third kappa shape index (κ3) is 5.79. The fourth-order valence-electron chi connectivity index (χ4n) is 4.87.